The Bertz CT molecular complexity index is 553. The lowest BCUT2D eigenvalue weighted by molar-refractivity contribution is -0.384. The molecule has 7 heteroatoms. The first-order valence-electron chi connectivity index (χ1n) is 6.91. The van der Waals surface area contributed by atoms with Crippen LogP contribution >= 0.6 is 0 Å². The number of aliphatic hydroxyl groups is 1. The van der Waals surface area contributed by atoms with E-state index in [9.17, 15) is 24.0 Å². The van der Waals surface area contributed by atoms with Crippen LogP contribution in [0.15, 0.2) is 12.1 Å². The molecule has 0 bridgehead atoms. The summed E-state index contributed by atoms with van der Waals surface area (Å²) >= 11 is 0. The monoisotopic (exact) mass is 300 g/mol. The molecule has 0 aromatic heterocycles. The number of nitrogens with zero attached hydrogens (tertiary/aromatic N) is 1. The molecule has 2 atom stereocenters. The van der Waals surface area contributed by atoms with Crippen molar-refractivity contribution in [2.45, 2.75) is 38.2 Å². The van der Waals surface area contributed by atoms with Gasteiger partial charge in [0.25, 0.3) is 5.69 Å². The second kappa shape index (κ2) is 5.93. The smallest absolute Gasteiger partial charge is 0.295 e. The number of anilines is 1. The maximum atomic E-state index is 13.8. The number of halogens is 2. The van der Waals surface area contributed by atoms with Crippen LogP contribution in [0.2, 0.25) is 0 Å². The van der Waals surface area contributed by atoms with E-state index in [0.29, 0.717) is 18.8 Å². The van der Waals surface area contributed by atoms with Crippen LogP contribution in [0.1, 0.15) is 32.6 Å². The molecule has 2 N–H and O–H groups in total. The van der Waals surface area contributed by atoms with Gasteiger partial charge in [0.05, 0.1) is 10.5 Å². The Labute approximate surface area is 121 Å². The molecule has 1 aliphatic rings. The highest BCUT2D eigenvalue weighted by Crippen LogP contribution is 2.34. The zero-order valence-corrected chi connectivity index (χ0v) is 11.7. The molecule has 1 saturated carbocycles. The van der Waals surface area contributed by atoms with Crippen molar-refractivity contribution in [3.8, 4) is 0 Å². The van der Waals surface area contributed by atoms with Crippen LogP contribution in [0.25, 0.3) is 0 Å². The Morgan fingerprint density at radius 3 is 2.86 bits per heavy atom. The molecule has 0 spiro atoms. The highest BCUT2D eigenvalue weighted by molar-refractivity contribution is 5.62. The van der Waals surface area contributed by atoms with Crippen LogP contribution in [0.5, 0.6) is 0 Å². The molecule has 5 nitrogen and oxygen atoms in total. The van der Waals surface area contributed by atoms with Gasteiger partial charge in [-0.25, -0.2) is 8.78 Å². The largest absolute Gasteiger partial charge is 0.388 e. The van der Waals surface area contributed by atoms with Crippen LogP contribution in [0.3, 0.4) is 0 Å². The van der Waals surface area contributed by atoms with Crippen LogP contribution < -0.4 is 5.32 Å². The second-order valence-corrected chi connectivity index (χ2v) is 5.79. The first-order chi connectivity index (χ1) is 9.82. The first-order valence-corrected chi connectivity index (χ1v) is 6.91. The van der Waals surface area contributed by atoms with E-state index >= 15 is 0 Å². The van der Waals surface area contributed by atoms with Gasteiger partial charge >= 0.3 is 0 Å². The highest BCUT2D eigenvalue weighted by atomic mass is 19.2. The Kier molecular flexibility index (Phi) is 4.41. The lowest BCUT2D eigenvalue weighted by Crippen LogP contribution is -2.41. The van der Waals surface area contributed by atoms with Gasteiger partial charge in [0.2, 0.25) is 0 Å². The molecule has 0 amide bonds. The number of hydrogen-bond donors (Lipinski definition) is 2. The van der Waals surface area contributed by atoms with Crippen LogP contribution in [0, 0.1) is 27.7 Å². The maximum Gasteiger partial charge on any atom is 0.295 e. The van der Waals surface area contributed by atoms with Gasteiger partial charge in [-0.2, -0.15) is 0 Å². The number of benzene rings is 1. The topological polar surface area (TPSA) is 75.4 Å². The normalized spacial score (nSPS) is 25.6. The van der Waals surface area contributed by atoms with Gasteiger partial charge in [-0.3, -0.25) is 10.1 Å². The summed E-state index contributed by atoms with van der Waals surface area (Å²) in [6, 6.07) is 1.63. The van der Waals surface area contributed by atoms with Gasteiger partial charge in [-0.1, -0.05) is 19.8 Å². The van der Waals surface area contributed by atoms with Crippen molar-refractivity contribution in [2.24, 2.45) is 5.92 Å². The molecule has 1 aliphatic carbocycles. The van der Waals surface area contributed by atoms with Crippen molar-refractivity contribution in [1.29, 1.82) is 0 Å². The van der Waals surface area contributed by atoms with Crippen LogP contribution in [-0.2, 0) is 0 Å². The average molecular weight is 300 g/mol. The van der Waals surface area contributed by atoms with Crippen molar-refractivity contribution in [3.63, 3.8) is 0 Å². The fraction of sp³-hybridized carbons (Fsp3) is 0.571. The summed E-state index contributed by atoms with van der Waals surface area (Å²) in [5.74, 6) is -2.12. The van der Waals surface area contributed by atoms with Gasteiger partial charge in [-0.15, -0.1) is 0 Å². The van der Waals surface area contributed by atoms with Crippen molar-refractivity contribution < 1.29 is 18.8 Å². The summed E-state index contributed by atoms with van der Waals surface area (Å²) in [6.07, 6.45) is 2.92. The minimum absolute atomic E-state index is 0.0431. The standard InChI is InChI=1S/C14H18F2N2O3/c1-9-3-2-6-14(19,7-9)8-17-13-11(18(20)21)5-4-10(15)12(13)16/h4-5,9,17,19H,2-3,6-8H2,1H3. The number of hydrogen-bond acceptors (Lipinski definition) is 4. The van der Waals surface area contributed by atoms with Crippen molar-refractivity contribution in [1.82, 2.24) is 0 Å². The molecular formula is C14H18F2N2O3. The fourth-order valence-electron chi connectivity index (χ4n) is 2.91. The number of rotatable bonds is 4. The molecule has 0 aliphatic heterocycles. The highest BCUT2D eigenvalue weighted by Gasteiger charge is 2.33. The van der Waals surface area contributed by atoms with Crippen LogP contribution in [0.4, 0.5) is 20.2 Å². The molecule has 21 heavy (non-hydrogen) atoms. The summed E-state index contributed by atoms with van der Waals surface area (Å²) in [7, 11) is 0. The fourth-order valence-corrected chi connectivity index (χ4v) is 2.91. The minimum Gasteiger partial charge on any atom is -0.388 e. The summed E-state index contributed by atoms with van der Waals surface area (Å²) in [5, 5.41) is 23.9. The third kappa shape index (κ3) is 3.47. The summed E-state index contributed by atoms with van der Waals surface area (Å²) in [5.41, 5.74) is -2.10. The molecular weight excluding hydrogens is 282 g/mol. The molecule has 2 unspecified atom stereocenters. The molecule has 0 radical (unpaired) electrons. The molecule has 2 rings (SSSR count). The van der Waals surface area contributed by atoms with E-state index in [1.807, 2.05) is 6.92 Å². The van der Waals surface area contributed by atoms with Gasteiger partial charge in [0.15, 0.2) is 17.3 Å². The van der Waals surface area contributed by atoms with Gasteiger partial charge in [0, 0.05) is 12.6 Å². The Hall–Kier alpha value is -1.76. The Balaban J connectivity index is 2.19. The van der Waals surface area contributed by atoms with E-state index in [2.05, 4.69) is 5.32 Å². The van der Waals surface area contributed by atoms with Gasteiger partial charge in [-0.05, 0) is 24.8 Å². The third-order valence-electron chi connectivity index (χ3n) is 3.93. The summed E-state index contributed by atoms with van der Waals surface area (Å²) in [4.78, 5) is 10.1. The minimum atomic E-state index is -1.29. The quantitative estimate of drug-likeness (QED) is 0.661. The summed E-state index contributed by atoms with van der Waals surface area (Å²) in [6.45, 7) is 1.97. The maximum absolute atomic E-state index is 13.8. The van der Waals surface area contributed by atoms with Crippen LogP contribution in [-0.4, -0.2) is 22.2 Å². The molecule has 1 aromatic rings. The zero-order chi connectivity index (χ0) is 15.6. The molecule has 0 heterocycles. The lowest BCUT2D eigenvalue weighted by Gasteiger charge is -2.35. The van der Waals surface area contributed by atoms with E-state index in [1.165, 1.54) is 0 Å². The van der Waals surface area contributed by atoms with Crippen molar-refractivity contribution >= 4 is 11.4 Å². The van der Waals surface area contributed by atoms with E-state index in [0.717, 1.165) is 25.0 Å². The van der Waals surface area contributed by atoms with Crippen molar-refractivity contribution in [2.75, 3.05) is 11.9 Å². The zero-order valence-electron chi connectivity index (χ0n) is 11.7. The van der Waals surface area contributed by atoms with Gasteiger partial charge in [0.1, 0.15) is 0 Å². The predicted molar refractivity (Wildman–Crippen MR) is 74.1 cm³/mol. The van der Waals surface area contributed by atoms with Crippen molar-refractivity contribution in [3.05, 3.63) is 33.9 Å². The van der Waals surface area contributed by atoms with E-state index in [1.54, 1.807) is 0 Å². The number of nitro benzene ring substituents is 1. The molecule has 1 fully saturated rings. The average Bonchev–Trinajstić information content (AvgIpc) is 2.39. The Morgan fingerprint density at radius 1 is 1.52 bits per heavy atom. The summed E-state index contributed by atoms with van der Waals surface area (Å²) < 4.78 is 27.0. The number of nitrogens with one attached hydrogen (secondary N) is 1. The second-order valence-electron chi connectivity index (χ2n) is 5.79. The number of nitro groups is 1. The third-order valence-corrected chi connectivity index (χ3v) is 3.93. The SMILES string of the molecule is CC1CCCC(O)(CNc2c([N+](=O)[O-])ccc(F)c2F)C1. The first kappa shape index (κ1) is 15.6. The van der Waals surface area contributed by atoms with E-state index in [-0.39, 0.29) is 6.54 Å². The van der Waals surface area contributed by atoms with E-state index < -0.39 is 33.5 Å². The molecule has 116 valence electrons. The predicted octanol–water partition coefficient (Wildman–Crippen LogP) is 3.23. The van der Waals surface area contributed by atoms with Gasteiger partial charge < -0.3 is 10.4 Å². The molecule has 0 saturated heterocycles. The molecule has 1 aromatic carbocycles. The lowest BCUT2D eigenvalue weighted by atomic mass is 9.79. The Morgan fingerprint density at radius 2 is 2.24 bits per heavy atom. The van der Waals surface area contributed by atoms with E-state index in [4.69, 9.17) is 0 Å².